The van der Waals surface area contributed by atoms with Crippen LogP contribution >= 0.6 is 0 Å². The van der Waals surface area contributed by atoms with Crippen molar-refractivity contribution in [2.45, 2.75) is 32.1 Å². The highest BCUT2D eigenvalue weighted by atomic mass is 14.5. The average molecular weight is 146 g/mol. The molecule has 2 rings (SSSR count). The minimum absolute atomic E-state index is 0.490. The smallest absolute Gasteiger partial charge is 0.0203 e. The van der Waals surface area contributed by atoms with E-state index >= 15 is 0 Å². The summed E-state index contributed by atoms with van der Waals surface area (Å²) in [5, 5.41) is 0. The lowest BCUT2D eigenvalue weighted by Gasteiger charge is -2.08. The van der Waals surface area contributed by atoms with Gasteiger partial charge < -0.3 is 0 Å². The number of benzene rings is 1. The van der Waals surface area contributed by atoms with E-state index in [1.54, 1.807) is 11.1 Å². The van der Waals surface area contributed by atoms with Crippen LogP contribution in [0.15, 0.2) is 24.3 Å². The molecule has 11 heavy (non-hydrogen) atoms. The van der Waals surface area contributed by atoms with Crippen molar-refractivity contribution in [1.82, 2.24) is 0 Å². The van der Waals surface area contributed by atoms with E-state index < -0.39 is 0 Å². The largest absolute Gasteiger partial charge is 0.0642 e. The molecule has 1 aliphatic rings. The van der Waals surface area contributed by atoms with Gasteiger partial charge in [-0.05, 0) is 24.0 Å². The molecule has 1 aromatic rings. The molecule has 0 radical (unpaired) electrons. The number of rotatable bonds is 2. The van der Waals surface area contributed by atoms with Crippen molar-refractivity contribution >= 4 is 0 Å². The van der Waals surface area contributed by atoms with Gasteiger partial charge in [0.15, 0.2) is 0 Å². The first-order valence-electron chi connectivity index (χ1n) is 4.45. The molecule has 1 aliphatic carbocycles. The van der Waals surface area contributed by atoms with Crippen LogP contribution in [0.25, 0.3) is 0 Å². The molecule has 0 bridgehead atoms. The fourth-order valence-corrected chi connectivity index (χ4v) is 2.22. The summed E-state index contributed by atoms with van der Waals surface area (Å²) in [5.74, 6) is 0. The third-order valence-corrected chi connectivity index (χ3v) is 3.10. The second-order valence-electron chi connectivity index (χ2n) is 3.33. The Bertz CT molecular complexity index is 244. The molecule has 58 valence electrons. The summed E-state index contributed by atoms with van der Waals surface area (Å²) >= 11 is 0. The summed E-state index contributed by atoms with van der Waals surface area (Å²) in [5.41, 5.74) is 3.67. The molecule has 0 aliphatic heterocycles. The molecule has 0 saturated heterocycles. The lowest BCUT2D eigenvalue weighted by atomic mass is 9.95. The zero-order chi connectivity index (χ0) is 7.90. The maximum atomic E-state index is 2.28. The van der Waals surface area contributed by atoms with Gasteiger partial charge in [0.1, 0.15) is 0 Å². The van der Waals surface area contributed by atoms with Crippen LogP contribution in [0.3, 0.4) is 0 Å². The Kier molecular flexibility index (Phi) is 1.32. The second-order valence-corrected chi connectivity index (χ2v) is 3.33. The van der Waals surface area contributed by atoms with Gasteiger partial charge in [-0.2, -0.15) is 0 Å². The van der Waals surface area contributed by atoms with Crippen LogP contribution in [-0.4, -0.2) is 0 Å². The first-order chi connectivity index (χ1) is 5.35. The second kappa shape index (κ2) is 2.10. The molecular weight excluding hydrogens is 132 g/mol. The Balaban J connectivity index is 2.40. The molecule has 1 aromatic carbocycles. The first-order valence-corrected chi connectivity index (χ1v) is 4.45. The van der Waals surface area contributed by atoms with Crippen molar-refractivity contribution in [2.75, 3.05) is 0 Å². The molecule has 0 unspecified atom stereocenters. The summed E-state index contributed by atoms with van der Waals surface area (Å²) in [6.45, 7) is 4.56. The SMILES string of the molecule is CCC1(CC)c2ccccc21. The van der Waals surface area contributed by atoms with Crippen LogP contribution in [0.1, 0.15) is 37.8 Å². The topological polar surface area (TPSA) is 0 Å². The average Bonchev–Trinajstić information content (AvgIpc) is 2.74. The minimum Gasteiger partial charge on any atom is -0.0642 e. The van der Waals surface area contributed by atoms with Crippen LogP contribution in [0.5, 0.6) is 0 Å². The molecule has 0 spiro atoms. The van der Waals surface area contributed by atoms with Gasteiger partial charge in [-0.1, -0.05) is 38.1 Å². The number of fused-ring (bicyclic) bond motifs is 1. The lowest BCUT2D eigenvalue weighted by Crippen LogP contribution is -2.02. The van der Waals surface area contributed by atoms with Crippen molar-refractivity contribution in [3.63, 3.8) is 0 Å². The van der Waals surface area contributed by atoms with Gasteiger partial charge in [0.05, 0.1) is 0 Å². The highest BCUT2D eigenvalue weighted by Gasteiger charge is 2.46. The van der Waals surface area contributed by atoms with Crippen molar-refractivity contribution in [3.8, 4) is 0 Å². The van der Waals surface area contributed by atoms with Crippen molar-refractivity contribution in [1.29, 1.82) is 0 Å². The van der Waals surface area contributed by atoms with E-state index in [4.69, 9.17) is 0 Å². The Hall–Kier alpha value is -0.780. The van der Waals surface area contributed by atoms with Gasteiger partial charge in [-0.25, -0.2) is 0 Å². The van der Waals surface area contributed by atoms with E-state index in [2.05, 4.69) is 38.1 Å². The fourth-order valence-electron chi connectivity index (χ4n) is 2.22. The molecule has 0 amide bonds. The third-order valence-electron chi connectivity index (χ3n) is 3.10. The van der Waals surface area contributed by atoms with Crippen molar-refractivity contribution in [2.24, 2.45) is 0 Å². The molecule has 0 N–H and O–H groups in total. The summed E-state index contributed by atoms with van der Waals surface area (Å²) in [6, 6.07) is 8.82. The summed E-state index contributed by atoms with van der Waals surface area (Å²) < 4.78 is 0. The van der Waals surface area contributed by atoms with Gasteiger partial charge in [0, 0.05) is 5.41 Å². The highest BCUT2D eigenvalue weighted by Crippen LogP contribution is 2.54. The van der Waals surface area contributed by atoms with Crippen LogP contribution in [0, 0.1) is 0 Å². The number of hydrogen-bond donors (Lipinski definition) is 0. The maximum absolute atomic E-state index is 2.28. The monoisotopic (exact) mass is 146 g/mol. The van der Waals surface area contributed by atoms with E-state index in [0.717, 1.165) is 0 Å². The summed E-state index contributed by atoms with van der Waals surface area (Å²) in [6.07, 6.45) is 2.53. The molecule has 0 heteroatoms. The Labute approximate surface area is 68.3 Å². The normalized spacial score (nSPS) is 17.6. The zero-order valence-electron chi connectivity index (χ0n) is 7.22. The molecule has 0 saturated carbocycles. The maximum Gasteiger partial charge on any atom is 0.0203 e. The quantitative estimate of drug-likeness (QED) is 0.601. The van der Waals surface area contributed by atoms with E-state index in [-0.39, 0.29) is 0 Å². The van der Waals surface area contributed by atoms with E-state index in [0.29, 0.717) is 5.41 Å². The standard InChI is InChI=1S/C11H14/c1-3-11(4-2)9-7-5-6-8-10(9)11/h5-8H,3-4H2,1-2H3. The predicted octanol–water partition coefficient (Wildman–Crippen LogP) is 3.11. The van der Waals surface area contributed by atoms with E-state index in [1.807, 2.05) is 0 Å². The summed E-state index contributed by atoms with van der Waals surface area (Å²) in [7, 11) is 0. The lowest BCUT2D eigenvalue weighted by molar-refractivity contribution is 0.580. The van der Waals surface area contributed by atoms with Crippen LogP contribution in [0.2, 0.25) is 0 Å². The van der Waals surface area contributed by atoms with Crippen molar-refractivity contribution < 1.29 is 0 Å². The van der Waals surface area contributed by atoms with Crippen LogP contribution in [0.4, 0.5) is 0 Å². The zero-order valence-corrected chi connectivity index (χ0v) is 7.22. The minimum atomic E-state index is 0.490. The molecule has 0 nitrogen and oxygen atoms in total. The molecule has 0 heterocycles. The van der Waals surface area contributed by atoms with Gasteiger partial charge in [0.25, 0.3) is 0 Å². The Morgan fingerprint density at radius 3 is 1.82 bits per heavy atom. The van der Waals surface area contributed by atoms with Gasteiger partial charge in [-0.3, -0.25) is 0 Å². The van der Waals surface area contributed by atoms with Gasteiger partial charge in [-0.15, -0.1) is 0 Å². The van der Waals surface area contributed by atoms with Gasteiger partial charge >= 0.3 is 0 Å². The third kappa shape index (κ3) is 0.699. The predicted molar refractivity (Wildman–Crippen MR) is 47.8 cm³/mol. The Morgan fingerprint density at radius 2 is 1.45 bits per heavy atom. The number of hydrogen-bond acceptors (Lipinski definition) is 0. The molecular formula is C11H14. The Morgan fingerprint density at radius 1 is 1.00 bits per heavy atom. The fraction of sp³-hybridized carbons (Fsp3) is 0.455. The van der Waals surface area contributed by atoms with E-state index in [1.165, 1.54) is 12.8 Å². The van der Waals surface area contributed by atoms with Crippen LogP contribution < -0.4 is 0 Å². The molecule has 0 atom stereocenters. The summed E-state index contributed by atoms with van der Waals surface area (Å²) in [4.78, 5) is 0. The highest BCUT2D eigenvalue weighted by molar-refractivity contribution is 5.59. The van der Waals surface area contributed by atoms with E-state index in [9.17, 15) is 0 Å². The van der Waals surface area contributed by atoms with Crippen molar-refractivity contribution in [3.05, 3.63) is 35.4 Å². The van der Waals surface area contributed by atoms with Gasteiger partial charge in [0.2, 0.25) is 0 Å². The van der Waals surface area contributed by atoms with Crippen LogP contribution in [-0.2, 0) is 5.41 Å². The molecule has 0 aromatic heterocycles. The molecule has 0 fully saturated rings. The first kappa shape index (κ1) is 6.90.